The summed E-state index contributed by atoms with van der Waals surface area (Å²) >= 11 is 0. The van der Waals surface area contributed by atoms with Crippen LogP contribution in [0, 0.1) is 10.8 Å². The van der Waals surface area contributed by atoms with Gasteiger partial charge in [-0.05, 0) is 0 Å². The highest BCUT2D eigenvalue weighted by atomic mass is 16.7. The van der Waals surface area contributed by atoms with Crippen LogP contribution < -0.4 is 0 Å². The summed E-state index contributed by atoms with van der Waals surface area (Å²) < 4.78 is 11.2. The van der Waals surface area contributed by atoms with Gasteiger partial charge in [0.15, 0.2) is 5.79 Å². The summed E-state index contributed by atoms with van der Waals surface area (Å²) in [5.41, 5.74) is -0.0938. The molecule has 80 valence electrons. The third-order valence-electron chi connectivity index (χ3n) is 2.55. The Morgan fingerprint density at radius 3 is 0.846 bits per heavy atom. The maximum Gasteiger partial charge on any atom is 0.177 e. The van der Waals surface area contributed by atoms with Crippen LogP contribution in [0.15, 0.2) is 0 Å². The van der Waals surface area contributed by atoms with E-state index in [0.29, 0.717) is 0 Å². The highest BCUT2D eigenvalue weighted by molar-refractivity contribution is 4.93. The van der Waals surface area contributed by atoms with E-state index < -0.39 is 5.79 Å². The highest BCUT2D eigenvalue weighted by Gasteiger charge is 2.51. The molecular weight excluding hydrogens is 164 g/mol. The number of hydrogen-bond donors (Lipinski definition) is 0. The molecule has 0 aromatic carbocycles. The summed E-state index contributed by atoms with van der Waals surface area (Å²) in [5.74, 6) is -0.542. The third-order valence-corrected chi connectivity index (χ3v) is 2.55. The quantitative estimate of drug-likeness (QED) is 0.620. The minimum Gasteiger partial charge on any atom is -0.352 e. The summed E-state index contributed by atoms with van der Waals surface area (Å²) in [4.78, 5) is 0. The lowest BCUT2D eigenvalue weighted by atomic mass is 9.70. The van der Waals surface area contributed by atoms with Crippen LogP contribution in [0.1, 0.15) is 41.5 Å². The SMILES string of the molecule is COC(OC)(C(C)(C)C)C(C)(C)C. The fourth-order valence-electron chi connectivity index (χ4n) is 2.43. The molecule has 0 radical (unpaired) electrons. The van der Waals surface area contributed by atoms with E-state index >= 15 is 0 Å². The van der Waals surface area contributed by atoms with Gasteiger partial charge in [0.2, 0.25) is 0 Å². The molecule has 13 heavy (non-hydrogen) atoms. The molecule has 0 aliphatic carbocycles. The Kier molecular flexibility index (Phi) is 3.56. The van der Waals surface area contributed by atoms with E-state index in [1.165, 1.54) is 0 Å². The molecule has 2 nitrogen and oxygen atoms in total. The number of methoxy groups -OCH3 is 2. The molecule has 0 N–H and O–H groups in total. The van der Waals surface area contributed by atoms with Gasteiger partial charge in [-0.3, -0.25) is 0 Å². The van der Waals surface area contributed by atoms with E-state index in [1.54, 1.807) is 14.2 Å². The van der Waals surface area contributed by atoms with Gasteiger partial charge >= 0.3 is 0 Å². The third kappa shape index (κ3) is 2.05. The van der Waals surface area contributed by atoms with Gasteiger partial charge in [0.25, 0.3) is 0 Å². The van der Waals surface area contributed by atoms with Crippen LogP contribution in [0.5, 0.6) is 0 Å². The lowest BCUT2D eigenvalue weighted by molar-refractivity contribution is -0.315. The Bertz CT molecular complexity index is 140. The number of hydrogen-bond acceptors (Lipinski definition) is 2. The molecule has 0 aromatic heterocycles. The van der Waals surface area contributed by atoms with Gasteiger partial charge in [-0.1, -0.05) is 41.5 Å². The molecule has 0 spiro atoms. The van der Waals surface area contributed by atoms with E-state index in [-0.39, 0.29) is 10.8 Å². The molecule has 0 bridgehead atoms. The standard InChI is InChI=1S/C11H24O2/c1-9(2,3)11(12-7,13-8)10(4,5)6/h1-8H3. The number of rotatable bonds is 2. The van der Waals surface area contributed by atoms with Gasteiger partial charge in [0.1, 0.15) is 0 Å². The summed E-state index contributed by atoms with van der Waals surface area (Å²) in [7, 11) is 3.42. The molecule has 0 amide bonds. The molecule has 0 aliphatic heterocycles. The highest BCUT2D eigenvalue weighted by Crippen LogP contribution is 2.46. The maximum atomic E-state index is 5.59. The normalized spacial score (nSPS) is 14.8. The second kappa shape index (κ2) is 3.58. The largest absolute Gasteiger partial charge is 0.352 e. The first-order chi connectivity index (χ1) is 5.62. The molecule has 0 unspecified atom stereocenters. The van der Waals surface area contributed by atoms with Crippen molar-refractivity contribution in [3.8, 4) is 0 Å². The second-order valence-electron chi connectivity index (χ2n) is 5.52. The molecule has 2 heteroatoms. The Morgan fingerprint density at radius 1 is 0.615 bits per heavy atom. The maximum absolute atomic E-state index is 5.59. The lowest BCUT2D eigenvalue weighted by Gasteiger charge is -2.50. The first kappa shape index (κ1) is 12.9. The van der Waals surface area contributed by atoms with Crippen molar-refractivity contribution >= 4 is 0 Å². The Labute approximate surface area is 82.6 Å². The fourth-order valence-corrected chi connectivity index (χ4v) is 2.43. The van der Waals surface area contributed by atoms with Crippen LogP contribution in [0.3, 0.4) is 0 Å². The molecule has 0 aromatic rings. The Hall–Kier alpha value is -0.0800. The lowest BCUT2D eigenvalue weighted by Crippen LogP contribution is -2.56. The van der Waals surface area contributed by atoms with Crippen LogP contribution in [0.4, 0.5) is 0 Å². The molecule has 0 saturated heterocycles. The van der Waals surface area contributed by atoms with E-state index in [9.17, 15) is 0 Å². The molecule has 0 rings (SSSR count). The first-order valence-corrected chi connectivity index (χ1v) is 4.72. The van der Waals surface area contributed by atoms with Crippen LogP contribution >= 0.6 is 0 Å². The molecule has 0 saturated carbocycles. The first-order valence-electron chi connectivity index (χ1n) is 4.72. The summed E-state index contributed by atoms with van der Waals surface area (Å²) in [6, 6.07) is 0. The molecule has 0 aliphatic rings. The summed E-state index contributed by atoms with van der Waals surface area (Å²) in [6.07, 6.45) is 0. The van der Waals surface area contributed by atoms with Gasteiger partial charge < -0.3 is 9.47 Å². The predicted octanol–water partition coefficient (Wildman–Crippen LogP) is 3.07. The summed E-state index contributed by atoms with van der Waals surface area (Å²) in [6.45, 7) is 12.8. The van der Waals surface area contributed by atoms with Crippen molar-refractivity contribution in [2.45, 2.75) is 47.3 Å². The van der Waals surface area contributed by atoms with Crippen LogP contribution in [-0.4, -0.2) is 20.0 Å². The summed E-state index contributed by atoms with van der Waals surface area (Å²) in [5, 5.41) is 0. The minimum atomic E-state index is -0.542. The topological polar surface area (TPSA) is 18.5 Å². The molecule has 0 fully saturated rings. The van der Waals surface area contributed by atoms with Gasteiger partial charge in [-0.2, -0.15) is 0 Å². The van der Waals surface area contributed by atoms with Gasteiger partial charge in [0.05, 0.1) is 0 Å². The molecular formula is C11H24O2. The van der Waals surface area contributed by atoms with Gasteiger partial charge in [0, 0.05) is 25.0 Å². The van der Waals surface area contributed by atoms with Crippen molar-refractivity contribution in [3.05, 3.63) is 0 Å². The average molecular weight is 188 g/mol. The Balaban J connectivity index is 5.17. The van der Waals surface area contributed by atoms with Crippen LogP contribution in [-0.2, 0) is 9.47 Å². The van der Waals surface area contributed by atoms with Crippen LogP contribution in [0.25, 0.3) is 0 Å². The predicted molar refractivity (Wildman–Crippen MR) is 55.7 cm³/mol. The second-order valence-corrected chi connectivity index (χ2v) is 5.52. The molecule has 0 heterocycles. The van der Waals surface area contributed by atoms with Crippen molar-refractivity contribution in [2.75, 3.05) is 14.2 Å². The van der Waals surface area contributed by atoms with Crippen molar-refractivity contribution < 1.29 is 9.47 Å². The van der Waals surface area contributed by atoms with Crippen LogP contribution in [0.2, 0.25) is 0 Å². The molecule has 0 atom stereocenters. The average Bonchev–Trinajstić information content (AvgIpc) is 1.84. The number of ether oxygens (including phenoxy) is 2. The zero-order valence-corrected chi connectivity index (χ0v) is 10.3. The van der Waals surface area contributed by atoms with E-state index in [0.717, 1.165) is 0 Å². The monoisotopic (exact) mass is 188 g/mol. The van der Waals surface area contributed by atoms with Crippen molar-refractivity contribution in [1.29, 1.82) is 0 Å². The van der Waals surface area contributed by atoms with Gasteiger partial charge in [-0.15, -0.1) is 0 Å². The zero-order valence-electron chi connectivity index (χ0n) is 10.3. The van der Waals surface area contributed by atoms with E-state index in [4.69, 9.17) is 9.47 Å². The minimum absolute atomic E-state index is 0.0469. The van der Waals surface area contributed by atoms with Crippen molar-refractivity contribution in [3.63, 3.8) is 0 Å². The van der Waals surface area contributed by atoms with Crippen molar-refractivity contribution in [1.82, 2.24) is 0 Å². The van der Waals surface area contributed by atoms with Gasteiger partial charge in [-0.25, -0.2) is 0 Å². The van der Waals surface area contributed by atoms with E-state index in [1.807, 2.05) is 0 Å². The fraction of sp³-hybridized carbons (Fsp3) is 1.00. The smallest absolute Gasteiger partial charge is 0.177 e. The van der Waals surface area contributed by atoms with Crippen molar-refractivity contribution in [2.24, 2.45) is 10.8 Å². The Morgan fingerprint density at radius 2 is 0.846 bits per heavy atom. The zero-order chi connectivity index (χ0) is 10.9. The van der Waals surface area contributed by atoms with E-state index in [2.05, 4.69) is 41.5 Å².